The van der Waals surface area contributed by atoms with Gasteiger partial charge in [-0.25, -0.2) is 0 Å². The molecule has 0 amide bonds. The molecule has 16 heavy (non-hydrogen) atoms. The summed E-state index contributed by atoms with van der Waals surface area (Å²) in [6.07, 6.45) is 1.91. The summed E-state index contributed by atoms with van der Waals surface area (Å²) in [4.78, 5) is 0. The Morgan fingerprint density at radius 3 is 2.88 bits per heavy atom. The Morgan fingerprint density at radius 2 is 2.19 bits per heavy atom. The van der Waals surface area contributed by atoms with E-state index in [1.54, 1.807) is 6.07 Å². The van der Waals surface area contributed by atoms with Crippen molar-refractivity contribution < 1.29 is 9.63 Å². The van der Waals surface area contributed by atoms with Crippen LogP contribution >= 0.6 is 0 Å². The quantitative estimate of drug-likeness (QED) is 0.860. The zero-order valence-electron chi connectivity index (χ0n) is 9.95. The number of aromatic hydroxyl groups is 1. The summed E-state index contributed by atoms with van der Waals surface area (Å²) in [5, 5.41) is 14.8. The fourth-order valence-corrected chi connectivity index (χ4v) is 1.86. The van der Waals surface area contributed by atoms with Gasteiger partial charge in [0.05, 0.1) is 5.69 Å². The molecule has 1 N–H and O–H groups in total. The number of phenols is 1. The maximum atomic E-state index is 9.87. The standard InChI is InChI=1S/C13H17NO2/c1-4-8(2)7-11-12(15)6-5-10-9(3)14-16-13(10)11/h5-6,8,15H,4,7H2,1-3H3. The summed E-state index contributed by atoms with van der Waals surface area (Å²) >= 11 is 0. The summed E-state index contributed by atoms with van der Waals surface area (Å²) in [7, 11) is 0. The van der Waals surface area contributed by atoms with E-state index >= 15 is 0 Å². The molecule has 0 aliphatic carbocycles. The molecule has 0 aliphatic rings. The summed E-state index contributed by atoms with van der Waals surface area (Å²) < 4.78 is 5.30. The molecule has 0 bridgehead atoms. The van der Waals surface area contributed by atoms with E-state index in [0.29, 0.717) is 11.7 Å². The number of hydrogen-bond acceptors (Lipinski definition) is 3. The van der Waals surface area contributed by atoms with Gasteiger partial charge in [-0.15, -0.1) is 0 Å². The van der Waals surface area contributed by atoms with E-state index in [-0.39, 0.29) is 0 Å². The van der Waals surface area contributed by atoms with Crippen LogP contribution < -0.4 is 0 Å². The summed E-state index contributed by atoms with van der Waals surface area (Å²) in [6, 6.07) is 3.58. The summed E-state index contributed by atoms with van der Waals surface area (Å²) in [6.45, 7) is 6.23. The number of hydrogen-bond donors (Lipinski definition) is 1. The van der Waals surface area contributed by atoms with Crippen LogP contribution in [0.1, 0.15) is 31.5 Å². The molecule has 1 atom stereocenters. The van der Waals surface area contributed by atoms with Gasteiger partial charge in [0.15, 0.2) is 5.58 Å². The van der Waals surface area contributed by atoms with Gasteiger partial charge >= 0.3 is 0 Å². The second-order valence-electron chi connectivity index (χ2n) is 4.43. The molecule has 3 heteroatoms. The highest BCUT2D eigenvalue weighted by atomic mass is 16.5. The Balaban J connectivity index is 2.53. The first-order valence-corrected chi connectivity index (χ1v) is 5.70. The van der Waals surface area contributed by atoms with E-state index in [2.05, 4.69) is 19.0 Å². The molecule has 2 rings (SSSR count). The maximum Gasteiger partial charge on any atom is 0.174 e. The third-order valence-corrected chi connectivity index (χ3v) is 3.15. The van der Waals surface area contributed by atoms with Crippen molar-refractivity contribution >= 4 is 11.0 Å². The lowest BCUT2D eigenvalue weighted by Crippen LogP contribution is -1.98. The number of phenolic OH excluding ortho intramolecular Hbond substituents is 1. The zero-order valence-corrected chi connectivity index (χ0v) is 9.95. The first-order valence-electron chi connectivity index (χ1n) is 5.70. The molecule has 86 valence electrons. The van der Waals surface area contributed by atoms with Gasteiger partial charge in [0, 0.05) is 10.9 Å². The van der Waals surface area contributed by atoms with Crippen molar-refractivity contribution in [3.63, 3.8) is 0 Å². The molecule has 3 nitrogen and oxygen atoms in total. The Morgan fingerprint density at radius 1 is 1.44 bits per heavy atom. The number of fused-ring (bicyclic) bond motifs is 1. The second kappa shape index (κ2) is 4.16. The molecule has 0 fully saturated rings. The van der Waals surface area contributed by atoms with Crippen molar-refractivity contribution in [3.05, 3.63) is 23.4 Å². The average Bonchev–Trinajstić information content (AvgIpc) is 2.64. The number of aromatic nitrogens is 1. The van der Waals surface area contributed by atoms with E-state index in [1.807, 2.05) is 13.0 Å². The van der Waals surface area contributed by atoms with E-state index in [9.17, 15) is 5.11 Å². The van der Waals surface area contributed by atoms with E-state index in [4.69, 9.17) is 4.52 Å². The molecule has 0 spiro atoms. The van der Waals surface area contributed by atoms with Crippen LogP contribution in [0.2, 0.25) is 0 Å². The van der Waals surface area contributed by atoms with Crippen LogP contribution in [0, 0.1) is 12.8 Å². The lowest BCUT2D eigenvalue weighted by molar-refractivity contribution is 0.431. The summed E-state index contributed by atoms with van der Waals surface area (Å²) in [5.41, 5.74) is 2.49. The highest BCUT2D eigenvalue weighted by molar-refractivity contribution is 5.84. The minimum atomic E-state index is 0.309. The van der Waals surface area contributed by atoms with E-state index < -0.39 is 0 Å². The van der Waals surface area contributed by atoms with Gasteiger partial charge in [0.1, 0.15) is 5.75 Å². The van der Waals surface area contributed by atoms with Gasteiger partial charge in [-0.2, -0.15) is 0 Å². The zero-order chi connectivity index (χ0) is 11.7. The van der Waals surface area contributed by atoms with Crippen LogP contribution in [0.15, 0.2) is 16.7 Å². The van der Waals surface area contributed by atoms with Crippen molar-refractivity contribution in [1.29, 1.82) is 0 Å². The fraction of sp³-hybridized carbons (Fsp3) is 0.462. The fourth-order valence-electron chi connectivity index (χ4n) is 1.86. The predicted octanol–water partition coefficient (Wildman–Crippen LogP) is 3.43. The van der Waals surface area contributed by atoms with Crippen molar-refractivity contribution in [2.24, 2.45) is 5.92 Å². The monoisotopic (exact) mass is 219 g/mol. The molecule has 1 unspecified atom stereocenters. The topological polar surface area (TPSA) is 46.3 Å². The first kappa shape index (κ1) is 11.0. The van der Waals surface area contributed by atoms with Gasteiger partial charge < -0.3 is 9.63 Å². The predicted molar refractivity (Wildman–Crippen MR) is 63.6 cm³/mol. The minimum Gasteiger partial charge on any atom is -0.508 e. The molecule has 0 radical (unpaired) electrons. The van der Waals surface area contributed by atoms with Crippen molar-refractivity contribution in [3.8, 4) is 5.75 Å². The average molecular weight is 219 g/mol. The minimum absolute atomic E-state index is 0.309. The molecule has 1 aromatic heterocycles. The number of aryl methyl sites for hydroxylation is 1. The van der Waals surface area contributed by atoms with Crippen LogP contribution in [0.4, 0.5) is 0 Å². The van der Waals surface area contributed by atoms with Gasteiger partial charge in [-0.1, -0.05) is 25.4 Å². The van der Waals surface area contributed by atoms with Crippen LogP contribution in [0.3, 0.4) is 0 Å². The first-order chi connectivity index (χ1) is 7.63. The number of rotatable bonds is 3. The molecule has 0 saturated heterocycles. The molecule has 1 aromatic carbocycles. The van der Waals surface area contributed by atoms with Crippen LogP contribution in [0.25, 0.3) is 11.0 Å². The third-order valence-electron chi connectivity index (χ3n) is 3.15. The van der Waals surface area contributed by atoms with E-state index in [0.717, 1.165) is 35.1 Å². The Labute approximate surface area is 95.1 Å². The number of nitrogens with zero attached hydrogens (tertiary/aromatic N) is 1. The van der Waals surface area contributed by atoms with Crippen molar-refractivity contribution in [2.75, 3.05) is 0 Å². The normalized spacial score (nSPS) is 13.2. The van der Waals surface area contributed by atoms with Gasteiger partial charge in [-0.05, 0) is 31.4 Å². The molecule has 0 aliphatic heterocycles. The Kier molecular flexibility index (Phi) is 2.86. The molecule has 1 heterocycles. The van der Waals surface area contributed by atoms with Crippen LogP contribution in [-0.4, -0.2) is 10.3 Å². The second-order valence-corrected chi connectivity index (χ2v) is 4.43. The highest BCUT2D eigenvalue weighted by Crippen LogP contribution is 2.31. The van der Waals surface area contributed by atoms with Crippen LogP contribution in [-0.2, 0) is 6.42 Å². The highest BCUT2D eigenvalue weighted by Gasteiger charge is 2.15. The largest absolute Gasteiger partial charge is 0.508 e. The third kappa shape index (κ3) is 1.77. The Hall–Kier alpha value is -1.51. The number of benzene rings is 1. The lowest BCUT2D eigenvalue weighted by atomic mass is 9.96. The van der Waals surface area contributed by atoms with Gasteiger partial charge in [-0.3, -0.25) is 0 Å². The van der Waals surface area contributed by atoms with Gasteiger partial charge in [0.25, 0.3) is 0 Å². The molecule has 2 aromatic rings. The van der Waals surface area contributed by atoms with Crippen molar-refractivity contribution in [1.82, 2.24) is 5.16 Å². The smallest absolute Gasteiger partial charge is 0.174 e. The lowest BCUT2D eigenvalue weighted by Gasteiger charge is -2.09. The molecular weight excluding hydrogens is 202 g/mol. The van der Waals surface area contributed by atoms with Gasteiger partial charge in [0.2, 0.25) is 0 Å². The molecule has 0 saturated carbocycles. The summed E-state index contributed by atoms with van der Waals surface area (Å²) in [5.74, 6) is 0.839. The maximum absolute atomic E-state index is 9.87. The Bertz CT molecular complexity index is 502. The van der Waals surface area contributed by atoms with Crippen LogP contribution in [0.5, 0.6) is 5.75 Å². The SMILES string of the molecule is CCC(C)Cc1c(O)ccc2c(C)noc12. The molecular formula is C13H17NO2. The van der Waals surface area contributed by atoms with Crippen molar-refractivity contribution in [2.45, 2.75) is 33.6 Å². The van der Waals surface area contributed by atoms with E-state index in [1.165, 1.54) is 0 Å².